The highest BCUT2D eigenvalue weighted by atomic mass is 32.1. The highest BCUT2D eigenvalue weighted by molar-refractivity contribution is 7.11. The van der Waals surface area contributed by atoms with E-state index in [1.54, 1.807) is 0 Å². The van der Waals surface area contributed by atoms with Crippen LogP contribution in [-0.4, -0.2) is 24.5 Å². The molecule has 0 aromatic carbocycles. The third-order valence-corrected chi connectivity index (χ3v) is 3.81. The van der Waals surface area contributed by atoms with E-state index in [2.05, 4.69) is 44.7 Å². The van der Waals surface area contributed by atoms with E-state index in [-0.39, 0.29) is 5.41 Å². The highest BCUT2D eigenvalue weighted by Crippen LogP contribution is 2.20. The van der Waals surface area contributed by atoms with Crippen molar-refractivity contribution in [3.8, 4) is 0 Å². The van der Waals surface area contributed by atoms with Crippen molar-refractivity contribution < 1.29 is 0 Å². The molecule has 1 aromatic heterocycles. The molecule has 0 aliphatic carbocycles. The maximum atomic E-state index is 5.78. The standard InChI is InChI=1S/C13H24N2S/c1-5-15(10-13(3,4)9-14)8-12-7-6-11(2)16-12/h6-7H,5,8-10,14H2,1-4H3. The van der Waals surface area contributed by atoms with Gasteiger partial charge < -0.3 is 5.73 Å². The van der Waals surface area contributed by atoms with Crippen LogP contribution in [-0.2, 0) is 6.54 Å². The average molecular weight is 240 g/mol. The second kappa shape index (κ2) is 5.80. The van der Waals surface area contributed by atoms with Crippen molar-refractivity contribution in [2.45, 2.75) is 34.2 Å². The van der Waals surface area contributed by atoms with Crippen LogP contribution in [0.5, 0.6) is 0 Å². The van der Waals surface area contributed by atoms with Crippen LogP contribution >= 0.6 is 11.3 Å². The summed E-state index contributed by atoms with van der Waals surface area (Å²) < 4.78 is 0. The smallest absolute Gasteiger partial charge is 0.0328 e. The zero-order valence-electron chi connectivity index (χ0n) is 10.9. The molecular weight excluding hydrogens is 216 g/mol. The first-order valence-electron chi connectivity index (χ1n) is 5.94. The van der Waals surface area contributed by atoms with Crippen molar-refractivity contribution in [1.29, 1.82) is 0 Å². The van der Waals surface area contributed by atoms with Gasteiger partial charge in [-0.15, -0.1) is 11.3 Å². The van der Waals surface area contributed by atoms with Gasteiger partial charge in [0.2, 0.25) is 0 Å². The Kier molecular flexibility index (Phi) is 4.96. The molecule has 0 fully saturated rings. The van der Waals surface area contributed by atoms with E-state index in [1.165, 1.54) is 9.75 Å². The Hall–Kier alpha value is -0.380. The molecule has 92 valence electrons. The number of thiophene rings is 1. The van der Waals surface area contributed by atoms with Crippen molar-refractivity contribution in [1.82, 2.24) is 4.90 Å². The van der Waals surface area contributed by atoms with Gasteiger partial charge in [-0.2, -0.15) is 0 Å². The third-order valence-electron chi connectivity index (χ3n) is 2.83. The summed E-state index contributed by atoms with van der Waals surface area (Å²) in [4.78, 5) is 5.31. The van der Waals surface area contributed by atoms with Gasteiger partial charge in [0.25, 0.3) is 0 Å². The summed E-state index contributed by atoms with van der Waals surface area (Å²) in [5, 5.41) is 0. The van der Waals surface area contributed by atoms with E-state index in [4.69, 9.17) is 5.73 Å². The van der Waals surface area contributed by atoms with E-state index in [9.17, 15) is 0 Å². The Bertz CT molecular complexity index is 317. The predicted octanol–water partition coefficient (Wildman–Crippen LogP) is 2.86. The van der Waals surface area contributed by atoms with Crippen molar-refractivity contribution >= 4 is 11.3 Å². The number of hydrogen-bond acceptors (Lipinski definition) is 3. The van der Waals surface area contributed by atoms with Crippen LogP contribution in [0.15, 0.2) is 12.1 Å². The maximum absolute atomic E-state index is 5.78. The van der Waals surface area contributed by atoms with Gasteiger partial charge in [0.05, 0.1) is 0 Å². The minimum absolute atomic E-state index is 0.211. The molecule has 16 heavy (non-hydrogen) atoms. The third kappa shape index (κ3) is 4.24. The SMILES string of the molecule is CCN(Cc1ccc(C)s1)CC(C)(C)CN. The molecule has 2 N–H and O–H groups in total. The van der Waals surface area contributed by atoms with Crippen molar-refractivity contribution in [3.05, 3.63) is 21.9 Å². The molecule has 0 saturated heterocycles. The molecule has 0 saturated carbocycles. The fourth-order valence-electron chi connectivity index (χ4n) is 1.74. The molecule has 0 unspecified atom stereocenters. The van der Waals surface area contributed by atoms with Crippen molar-refractivity contribution in [2.75, 3.05) is 19.6 Å². The van der Waals surface area contributed by atoms with Gasteiger partial charge in [-0.3, -0.25) is 4.90 Å². The molecule has 0 radical (unpaired) electrons. The maximum Gasteiger partial charge on any atom is 0.0328 e. The highest BCUT2D eigenvalue weighted by Gasteiger charge is 2.19. The van der Waals surface area contributed by atoms with Crippen LogP contribution in [0.3, 0.4) is 0 Å². The molecule has 0 aliphatic heterocycles. The molecule has 1 rings (SSSR count). The summed E-state index contributed by atoms with van der Waals surface area (Å²) in [6.45, 7) is 12.8. The van der Waals surface area contributed by atoms with Crippen LogP contribution in [0.4, 0.5) is 0 Å². The lowest BCUT2D eigenvalue weighted by Gasteiger charge is -2.30. The molecule has 0 aliphatic rings. The summed E-state index contributed by atoms with van der Waals surface area (Å²) in [6.07, 6.45) is 0. The summed E-state index contributed by atoms with van der Waals surface area (Å²) in [6, 6.07) is 4.43. The van der Waals surface area contributed by atoms with Crippen LogP contribution in [0.1, 0.15) is 30.5 Å². The molecule has 2 nitrogen and oxygen atoms in total. The lowest BCUT2D eigenvalue weighted by Crippen LogP contribution is -2.38. The Balaban J connectivity index is 2.55. The van der Waals surface area contributed by atoms with Gasteiger partial charge in [-0.05, 0) is 37.6 Å². The van der Waals surface area contributed by atoms with E-state index in [0.717, 1.165) is 26.2 Å². The summed E-state index contributed by atoms with van der Waals surface area (Å²) in [5.74, 6) is 0. The Morgan fingerprint density at radius 2 is 2.06 bits per heavy atom. The molecule has 1 aromatic rings. The molecule has 0 spiro atoms. The van der Waals surface area contributed by atoms with Gasteiger partial charge in [0.1, 0.15) is 0 Å². The van der Waals surface area contributed by atoms with Crippen LogP contribution in [0.2, 0.25) is 0 Å². The first kappa shape index (κ1) is 13.7. The van der Waals surface area contributed by atoms with Crippen LogP contribution in [0, 0.1) is 12.3 Å². The minimum Gasteiger partial charge on any atom is -0.330 e. The topological polar surface area (TPSA) is 29.3 Å². The number of nitrogens with zero attached hydrogens (tertiary/aromatic N) is 1. The quantitative estimate of drug-likeness (QED) is 0.828. The lowest BCUT2D eigenvalue weighted by atomic mass is 9.93. The number of aryl methyl sites for hydroxylation is 1. The number of rotatable bonds is 6. The predicted molar refractivity (Wildman–Crippen MR) is 72.8 cm³/mol. The molecule has 3 heteroatoms. The first-order chi connectivity index (χ1) is 7.46. The van der Waals surface area contributed by atoms with Gasteiger partial charge in [-0.1, -0.05) is 20.8 Å². The molecule has 0 atom stereocenters. The zero-order valence-corrected chi connectivity index (χ0v) is 11.7. The molecular formula is C13H24N2S. The number of hydrogen-bond donors (Lipinski definition) is 1. The van der Waals surface area contributed by atoms with E-state index < -0.39 is 0 Å². The normalized spacial score (nSPS) is 12.4. The Morgan fingerprint density at radius 1 is 1.38 bits per heavy atom. The summed E-state index contributed by atoms with van der Waals surface area (Å²) in [5.41, 5.74) is 5.99. The fraction of sp³-hybridized carbons (Fsp3) is 0.692. The average Bonchev–Trinajstić information content (AvgIpc) is 2.63. The van der Waals surface area contributed by atoms with Crippen molar-refractivity contribution in [2.24, 2.45) is 11.1 Å². The fourth-order valence-corrected chi connectivity index (χ4v) is 2.67. The zero-order chi connectivity index (χ0) is 12.2. The number of nitrogens with two attached hydrogens (primary N) is 1. The van der Waals surface area contributed by atoms with Gasteiger partial charge in [0, 0.05) is 22.8 Å². The second-order valence-corrected chi connectivity index (χ2v) is 6.56. The monoisotopic (exact) mass is 240 g/mol. The Morgan fingerprint density at radius 3 is 2.50 bits per heavy atom. The largest absolute Gasteiger partial charge is 0.330 e. The first-order valence-corrected chi connectivity index (χ1v) is 6.76. The van der Waals surface area contributed by atoms with E-state index in [1.807, 2.05) is 11.3 Å². The van der Waals surface area contributed by atoms with Gasteiger partial charge >= 0.3 is 0 Å². The summed E-state index contributed by atoms with van der Waals surface area (Å²) >= 11 is 1.89. The lowest BCUT2D eigenvalue weighted by molar-refractivity contribution is 0.185. The molecule has 0 bridgehead atoms. The van der Waals surface area contributed by atoms with Gasteiger partial charge in [-0.25, -0.2) is 0 Å². The van der Waals surface area contributed by atoms with E-state index >= 15 is 0 Å². The van der Waals surface area contributed by atoms with Crippen molar-refractivity contribution in [3.63, 3.8) is 0 Å². The van der Waals surface area contributed by atoms with Crippen LogP contribution in [0.25, 0.3) is 0 Å². The van der Waals surface area contributed by atoms with Gasteiger partial charge in [0.15, 0.2) is 0 Å². The Labute approximate surface area is 103 Å². The van der Waals surface area contributed by atoms with E-state index in [0.29, 0.717) is 0 Å². The minimum atomic E-state index is 0.211. The summed E-state index contributed by atoms with van der Waals surface area (Å²) in [7, 11) is 0. The molecule has 0 amide bonds. The van der Waals surface area contributed by atoms with Crippen LogP contribution < -0.4 is 5.73 Å². The molecule has 1 heterocycles. The second-order valence-electron chi connectivity index (χ2n) is 5.18.